The molecule has 23 heavy (non-hydrogen) atoms. The molecule has 1 heterocycles. The topological polar surface area (TPSA) is 20.3 Å². The van der Waals surface area contributed by atoms with Crippen LogP contribution in [0.5, 0.6) is 0 Å². The number of nitrogens with zero attached hydrogens (tertiary/aromatic N) is 1. The Labute approximate surface area is 142 Å². The molecule has 0 bridgehead atoms. The number of carbonyl (C=O) groups is 1. The standard InChI is InChI=1S/C20H23NOS/c1-3-23-20-18-12-8-7-11-17(18)19(22)21(20)15(2)13-14-16-9-5-4-6-10-16/h4-12,15,20H,3,13-14H2,1-2H3/t15-,20+/m0/s1. The van der Waals surface area contributed by atoms with Crippen molar-refractivity contribution >= 4 is 17.7 Å². The first-order valence-corrected chi connectivity index (χ1v) is 9.34. The van der Waals surface area contributed by atoms with Crippen molar-refractivity contribution < 1.29 is 4.79 Å². The number of thioether (sulfide) groups is 1. The molecule has 3 rings (SSSR count). The normalized spacial score (nSPS) is 18.1. The number of carbonyl (C=O) groups excluding carboxylic acids is 1. The first kappa shape index (κ1) is 16.1. The van der Waals surface area contributed by atoms with E-state index in [9.17, 15) is 4.79 Å². The summed E-state index contributed by atoms with van der Waals surface area (Å²) in [5.74, 6) is 1.20. The average Bonchev–Trinajstić information content (AvgIpc) is 2.87. The Kier molecular flexibility index (Phi) is 5.06. The van der Waals surface area contributed by atoms with Crippen LogP contribution in [0, 0.1) is 0 Å². The summed E-state index contributed by atoms with van der Waals surface area (Å²) < 4.78 is 0. The summed E-state index contributed by atoms with van der Waals surface area (Å²) in [7, 11) is 0. The van der Waals surface area contributed by atoms with E-state index in [4.69, 9.17) is 0 Å². The zero-order valence-corrected chi connectivity index (χ0v) is 14.6. The zero-order chi connectivity index (χ0) is 16.2. The van der Waals surface area contributed by atoms with Gasteiger partial charge in [-0.1, -0.05) is 55.5 Å². The van der Waals surface area contributed by atoms with Crippen molar-refractivity contribution in [1.82, 2.24) is 4.90 Å². The molecule has 1 aliphatic heterocycles. The van der Waals surface area contributed by atoms with E-state index in [1.165, 1.54) is 11.1 Å². The lowest BCUT2D eigenvalue weighted by Crippen LogP contribution is -2.35. The molecule has 2 atom stereocenters. The number of benzene rings is 2. The Morgan fingerprint density at radius 1 is 1.09 bits per heavy atom. The first-order valence-electron chi connectivity index (χ1n) is 8.29. The number of aryl methyl sites for hydroxylation is 1. The van der Waals surface area contributed by atoms with Crippen LogP contribution in [0.15, 0.2) is 54.6 Å². The van der Waals surface area contributed by atoms with Crippen molar-refractivity contribution in [2.45, 2.75) is 38.1 Å². The maximum atomic E-state index is 12.8. The molecule has 3 heteroatoms. The van der Waals surface area contributed by atoms with Crippen LogP contribution in [0.2, 0.25) is 0 Å². The lowest BCUT2D eigenvalue weighted by molar-refractivity contribution is 0.0703. The molecule has 2 aromatic rings. The van der Waals surface area contributed by atoms with Crippen LogP contribution in [0.4, 0.5) is 0 Å². The Bertz CT molecular complexity index is 670. The summed E-state index contributed by atoms with van der Waals surface area (Å²) >= 11 is 1.85. The molecule has 0 aromatic heterocycles. The third kappa shape index (κ3) is 3.30. The van der Waals surface area contributed by atoms with Gasteiger partial charge in [-0.3, -0.25) is 4.79 Å². The fourth-order valence-electron chi connectivity index (χ4n) is 3.22. The highest BCUT2D eigenvalue weighted by Gasteiger charge is 2.38. The molecule has 2 nitrogen and oxygen atoms in total. The number of hydrogen-bond acceptors (Lipinski definition) is 2. The second-order valence-corrected chi connectivity index (χ2v) is 7.34. The Morgan fingerprint density at radius 3 is 2.52 bits per heavy atom. The summed E-state index contributed by atoms with van der Waals surface area (Å²) in [6.07, 6.45) is 2.00. The number of amides is 1. The quantitative estimate of drug-likeness (QED) is 0.751. The molecule has 0 N–H and O–H groups in total. The number of fused-ring (bicyclic) bond motifs is 1. The van der Waals surface area contributed by atoms with Gasteiger partial charge in [0.1, 0.15) is 5.37 Å². The molecule has 0 spiro atoms. The monoisotopic (exact) mass is 325 g/mol. The van der Waals surface area contributed by atoms with Gasteiger partial charge < -0.3 is 4.90 Å². The molecule has 0 radical (unpaired) electrons. The van der Waals surface area contributed by atoms with E-state index < -0.39 is 0 Å². The van der Waals surface area contributed by atoms with E-state index in [0.717, 1.165) is 24.2 Å². The fourth-order valence-corrected chi connectivity index (χ4v) is 4.39. The van der Waals surface area contributed by atoms with Crippen molar-refractivity contribution in [3.63, 3.8) is 0 Å². The van der Waals surface area contributed by atoms with Gasteiger partial charge in [0.25, 0.3) is 5.91 Å². The highest BCUT2D eigenvalue weighted by Crippen LogP contribution is 2.42. The SMILES string of the molecule is CCS[C@@H]1c2ccccc2C(=O)N1[C@@H](C)CCc1ccccc1. The Morgan fingerprint density at radius 2 is 1.78 bits per heavy atom. The largest absolute Gasteiger partial charge is 0.320 e. The fraction of sp³-hybridized carbons (Fsp3) is 0.350. The van der Waals surface area contributed by atoms with Crippen LogP contribution in [-0.4, -0.2) is 22.6 Å². The highest BCUT2D eigenvalue weighted by molar-refractivity contribution is 7.99. The molecular formula is C20H23NOS. The molecule has 0 saturated heterocycles. The van der Waals surface area contributed by atoms with Crippen LogP contribution in [0.1, 0.15) is 47.1 Å². The minimum atomic E-state index is 0.162. The van der Waals surface area contributed by atoms with Crippen molar-refractivity contribution in [3.8, 4) is 0 Å². The Balaban J connectivity index is 1.76. The predicted molar refractivity (Wildman–Crippen MR) is 97.7 cm³/mol. The van der Waals surface area contributed by atoms with E-state index in [1.54, 1.807) is 0 Å². The molecule has 1 amide bonds. The summed E-state index contributed by atoms with van der Waals surface area (Å²) in [5, 5.41) is 0.162. The Hall–Kier alpha value is -1.74. The van der Waals surface area contributed by atoms with Gasteiger partial charge in [0.05, 0.1) is 0 Å². The molecule has 0 aliphatic carbocycles. The minimum Gasteiger partial charge on any atom is -0.320 e. The lowest BCUT2D eigenvalue weighted by atomic mass is 10.1. The van der Waals surface area contributed by atoms with Crippen LogP contribution >= 0.6 is 11.8 Å². The molecule has 2 aromatic carbocycles. The van der Waals surface area contributed by atoms with E-state index in [1.807, 2.05) is 36.0 Å². The van der Waals surface area contributed by atoms with Crippen molar-refractivity contribution in [2.24, 2.45) is 0 Å². The summed E-state index contributed by atoms with van der Waals surface area (Å²) in [6.45, 7) is 4.33. The van der Waals surface area contributed by atoms with Crippen LogP contribution < -0.4 is 0 Å². The number of hydrogen-bond donors (Lipinski definition) is 0. The second-order valence-electron chi connectivity index (χ2n) is 5.98. The van der Waals surface area contributed by atoms with Crippen molar-refractivity contribution in [2.75, 3.05) is 5.75 Å². The first-order chi connectivity index (χ1) is 11.2. The molecular weight excluding hydrogens is 302 g/mol. The zero-order valence-electron chi connectivity index (χ0n) is 13.7. The van der Waals surface area contributed by atoms with Crippen LogP contribution in [-0.2, 0) is 6.42 Å². The second kappa shape index (κ2) is 7.22. The third-order valence-corrected chi connectivity index (χ3v) is 5.57. The summed E-state index contributed by atoms with van der Waals surface area (Å²) in [6, 6.07) is 18.8. The van der Waals surface area contributed by atoms with Gasteiger partial charge in [0, 0.05) is 11.6 Å². The van der Waals surface area contributed by atoms with Crippen LogP contribution in [0.25, 0.3) is 0 Å². The van der Waals surface area contributed by atoms with Crippen molar-refractivity contribution in [1.29, 1.82) is 0 Å². The molecule has 0 saturated carbocycles. The summed E-state index contributed by atoms with van der Waals surface area (Å²) in [4.78, 5) is 14.9. The van der Waals surface area contributed by atoms with E-state index in [-0.39, 0.29) is 17.3 Å². The smallest absolute Gasteiger partial charge is 0.255 e. The van der Waals surface area contributed by atoms with E-state index in [0.29, 0.717) is 0 Å². The molecule has 120 valence electrons. The lowest BCUT2D eigenvalue weighted by Gasteiger charge is -2.31. The van der Waals surface area contributed by atoms with E-state index >= 15 is 0 Å². The van der Waals surface area contributed by atoms with Gasteiger partial charge in [-0.15, -0.1) is 11.8 Å². The third-order valence-electron chi connectivity index (χ3n) is 4.44. The van der Waals surface area contributed by atoms with Gasteiger partial charge in [0.15, 0.2) is 0 Å². The van der Waals surface area contributed by atoms with Gasteiger partial charge in [0.2, 0.25) is 0 Å². The minimum absolute atomic E-state index is 0.162. The maximum Gasteiger partial charge on any atom is 0.255 e. The van der Waals surface area contributed by atoms with Gasteiger partial charge in [-0.2, -0.15) is 0 Å². The van der Waals surface area contributed by atoms with Gasteiger partial charge in [-0.25, -0.2) is 0 Å². The highest BCUT2D eigenvalue weighted by atomic mass is 32.2. The molecule has 1 aliphatic rings. The van der Waals surface area contributed by atoms with Gasteiger partial charge >= 0.3 is 0 Å². The number of rotatable bonds is 6. The van der Waals surface area contributed by atoms with Crippen LogP contribution in [0.3, 0.4) is 0 Å². The predicted octanol–water partition coefficient (Wildman–Crippen LogP) is 4.92. The van der Waals surface area contributed by atoms with Gasteiger partial charge in [-0.05, 0) is 42.7 Å². The molecule has 0 unspecified atom stereocenters. The average molecular weight is 325 g/mol. The molecule has 0 fully saturated rings. The maximum absolute atomic E-state index is 12.8. The van der Waals surface area contributed by atoms with Crippen molar-refractivity contribution in [3.05, 3.63) is 71.3 Å². The summed E-state index contributed by atoms with van der Waals surface area (Å²) in [5.41, 5.74) is 3.39. The van der Waals surface area contributed by atoms with E-state index in [2.05, 4.69) is 49.1 Å².